The zero-order chi connectivity index (χ0) is 21.4. The molecule has 30 heavy (non-hydrogen) atoms. The molecule has 1 N–H and O–H groups in total. The number of hydrogen-bond donors (Lipinski definition) is 1. The Kier molecular flexibility index (Phi) is 5.03. The fourth-order valence-electron chi connectivity index (χ4n) is 3.63. The molecule has 4 rings (SSSR count). The maximum Gasteiger partial charge on any atom is 0.307 e. The first-order valence-corrected chi connectivity index (χ1v) is 9.23. The third kappa shape index (κ3) is 3.66. The molecule has 0 aliphatic heterocycles. The molecule has 0 spiro atoms. The minimum atomic E-state index is -0.996. The lowest BCUT2D eigenvalue weighted by Gasteiger charge is -2.14. The van der Waals surface area contributed by atoms with E-state index in [-0.39, 0.29) is 13.0 Å². The van der Waals surface area contributed by atoms with E-state index < -0.39 is 23.4 Å². The van der Waals surface area contributed by atoms with Crippen molar-refractivity contribution in [3.63, 3.8) is 0 Å². The fourth-order valence-corrected chi connectivity index (χ4v) is 3.63. The van der Waals surface area contributed by atoms with E-state index in [1.165, 1.54) is 18.2 Å². The highest BCUT2D eigenvalue weighted by atomic mass is 19.2. The predicted octanol–water partition coefficient (Wildman–Crippen LogP) is 5.10. The van der Waals surface area contributed by atoms with E-state index in [2.05, 4.69) is 4.98 Å². The number of pyridine rings is 1. The van der Waals surface area contributed by atoms with Crippen LogP contribution in [-0.2, 0) is 17.8 Å². The van der Waals surface area contributed by atoms with Crippen LogP contribution in [0.15, 0.2) is 54.7 Å². The van der Waals surface area contributed by atoms with E-state index in [0.29, 0.717) is 39.0 Å². The Morgan fingerprint density at radius 2 is 1.77 bits per heavy atom. The average Bonchev–Trinajstić information content (AvgIpc) is 3.08. The third-order valence-electron chi connectivity index (χ3n) is 5.01. The number of halogens is 3. The molecule has 0 bridgehead atoms. The Bertz CT molecular complexity index is 1260. The number of fused-ring (bicyclic) bond motifs is 1. The molecule has 7 heteroatoms. The molecule has 0 saturated heterocycles. The largest absolute Gasteiger partial charge is 0.481 e. The van der Waals surface area contributed by atoms with Crippen molar-refractivity contribution in [1.29, 1.82) is 0 Å². The van der Waals surface area contributed by atoms with Gasteiger partial charge in [-0.25, -0.2) is 18.2 Å². The lowest BCUT2D eigenvalue weighted by Crippen LogP contribution is -2.08. The van der Waals surface area contributed by atoms with Crippen molar-refractivity contribution in [2.24, 2.45) is 0 Å². The highest BCUT2D eigenvalue weighted by Gasteiger charge is 2.19. The number of carboxylic acid groups (broad SMARTS) is 1. The van der Waals surface area contributed by atoms with Crippen molar-refractivity contribution in [3.05, 3.63) is 89.0 Å². The van der Waals surface area contributed by atoms with Crippen LogP contribution < -0.4 is 0 Å². The van der Waals surface area contributed by atoms with Crippen molar-refractivity contribution < 1.29 is 23.1 Å². The standard InChI is InChI=1S/C23H17F3N2O2/c1-13-18(11-21(29)30)22(15-3-5-16(24)6-4-15)17-8-9-28(23(17)27-13)12-14-2-7-19(25)20(26)10-14/h2-10H,11-12H2,1H3,(H,29,30). The molecule has 2 aromatic carbocycles. The zero-order valence-electron chi connectivity index (χ0n) is 16.0. The van der Waals surface area contributed by atoms with Crippen molar-refractivity contribution in [2.45, 2.75) is 19.9 Å². The summed E-state index contributed by atoms with van der Waals surface area (Å²) in [6.07, 6.45) is 1.53. The van der Waals surface area contributed by atoms with Gasteiger partial charge in [-0.2, -0.15) is 0 Å². The Hall–Kier alpha value is -3.61. The minimum absolute atomic E-state index is 0.226. The van der Waals surface area contributed by atoms with E-state index in [9.17, 15) is 23.1 Å². The third-order valence-corrected chi connectivity index (χ3v) is 5.01. The van der Waals surface area contributed by atoms with Gasteiger partial charge in [0.25, 0.3) is 0 Å². The average molecular weight is 410 g/mol. The highest BCUT2D eigenvalue weighted by Crippen LogP contribution is 2.34. The number of hydrogen-bond acceptors (Lipinski definition) is 2. The number of benzene rings is 2. The number of aromatic nitrogens is 2. The quantitative estimate of drug-likeness (QED) is 0.498. The summed E-state index contributed by atoms with van der Waals surface area (Å²) in [6.45, 7) is 1.98. The molecule has 0 radical (unpaired) electrons. The van der Waals surface area contributed by atoms with E-state index in [1.54, 1.807) is 35.9 Å². The van der Waals surface area contributed by atoms with Crippen LogP contribution in [0.5, 0.6) is 0 Å². The van der Waals surface area contributed by atoms with E-state index >= 15 is 0 Å². The number of aliphatic carboxylic acids is 1. The predicted molar refractivity (Wildman–Crippen MR) is 107 cm³/mol. The van der Waals surface area contributed by atoms with E-state index in [1.807, 2.05) is 0 Å². The summed E-state index contributed by atoms with van der Waals surface area (Å²) in [5.74, 6) is -3.23. The summed E-state index contributed by atoms with van der Waals surface area (Å²) < 4.78 is 42.1. The molecular weight excluding hydrogens is 393 g/mol. The van der Waals surface area contributed by atoms with Crippen LogP contribution in [0, 0.1) is 24.4 Å². The molecule has 2 heterocycles. The summed E-state index contributed by atoms with van der Waals surface area (Å²) in [5, 5.41) is 10.1. The summed E-state index contributed by atoms with van der Waals surface area (Å²) in [4.78, 5) is 16.0. The number of carbonyl (C=O) groups is 1. The molecule has 0 unspecified atom stereocenters. The lowest BCUT2D eigenvalue weighted by atomic mass is 9.94. The molecule has 0 atom stereocenters. The molecule has 2 aromatic heterocycles. The summed E-state index contributed by atoms with van der Waals surface area (Å²) in [6, 6.07) is 11.3. The van der Waals surface area contributed by atoms with Gasteiger partial charge in [-0.15, -0.1) is 0 Å². The van der Waals surface area contributed by atoms with Gasteiger partial charge >= 0.3 is 5.97 Å². The maximum atomic E-state index is 13.6. The SMILES string of the molecule is Cc1nc2c(ccn2Cc2ccc(F)c(F)c2)c(-c2ccc(F)cc2)c1CC(=O)O. The Morgan fingerprint density at radius 1 is 1.03 bits per heavy atom. The van der Waals surface area contributed by atoms with E-state index in [0.717, 1.165) is 12.1 Å². The Labute approximate surface area is 170 Å². The van der Waals surface area contributed by atoms with Crippen LogP contribution in [0.25, 0.3) is 22.2 Å². The molecular formula is C23H17F3N2O2. The van der Waals surface area contributed by atoms with Crippen molar-refractivity contribution in [1.82, 2.24) is 9.55 Å². The van der Waals surface area contributed by atoms with E-state index in [4.69, 9.17) is 0 Å². The maximum absolute atomic E-state index is 13.6. The molecule has 152 valence electrons. The van der Waals surface area contributed by atoms with Crippen LogP contribution in [0.1, 0.15) is 16.8 Å². The van der Waals surface area contributed by atoms with Crippen molar-refractivity contribution in [2.75, 3.05) is 0 Å². The van der Waals surface area contributed by atoms with Gasteiger partial charge in [-0.3, -0.25) is 4.79 Å². The van der Waals surface area contributed by atoms with Gasteiger partial charge in [-0.05, 0) is 59.5 Å². The lowest BCUT2D eigenvalue weighted by molar-refractivity contribution is -0.136. The topological polar surface area (TPSA) is 55.1 Å². The molecule has 0 aliphatic rings. The molecule has 0 amide bonds. The zero-order valence-corrected chi connectivity index (χ0v) is 16.0. The van der Waals surface area contributed by atoms with Crippen molar-refractivity contribution >= 4 is 17.0 Å². The van der Waals surface area contributed by atoms with Crippen LogP contribution in [0.4, 0.5) is 13.2 Å². The van der Waals surface area contributed by atoms with Crippen molar-refractivity contribution in [3.8, 4) is 11.1 Å². The Morgan fingerprint density at radius 3 is 2.43 bits per heavy atom. The fraction of sp³-hybridized carbons (Fsp3) is 0.130. The Balaban J connectivity index is 1.89. The second-order valence-corrected chi connectivity index (χ2v) is 7.06. The van der Waals surface area contributed by atoms with Gasteiger partial charge in [0.15, 0.2) is 11.6 Å². The van der Waals surface area contributed by atoms with Gasteiger partial charge < -0.3 is 9.67 Å². The summed E-state index contributed by atoms with van der Waals surface area (Å²) in [7, 11) is 0. The number of carboxylic acids is 1. The first-order chi connectivity index (χ1) is 14.3. The molecule has 0 fully saturated rings. The molecule has 0 aliphatic carbocycles. The number of aryl methyl sites for hydroxylation is 1. The summed E-state index contributed by atoms with van der Waals surface area (Å²) >= 11 is 0. The monoisotopic (exact) mass is 410 g/mol. The van der Waals surface area contributed by atoms with Gasteiger partial charge in [0.2, 0.25) is 0 Å². The van der Waals surface area contributed by atoms with Gasteiger partial charge in [0.05, 0.1) is 6.42 Å². The van der Waals surface area contributed by atoms with Gasteiger partial charge in [-0.1, -0.05) is 18.2 Å². The number of rotatable bonds is 5. The van der Waals surface area contributed by atoms with Gasteiger partial charge in [0.1, 0.15) is 11.5 Å². The normalized spacial score (nSPS) is 11.2. The van der Waals surface area contributed by atoms with Crippen LogP contribution in [0.2, 0.25) is 0 Å². The first-order valence-electron chi connectivity index (χ1n) is 9.23. The number of nitrogens with zero attached hydrogens (tertiary/aromatic N) is 2. The van der Waals surface area contributed by atoms with Gasteiger partial charge in [0, 0.05) is 23.8 Å². The second kappa shape index (κ2) is 7.67. The first kappa shape index (κ1) is 19.7. The highest BCUT2D eigenvalue weighted by molar-refractivity contribution is 5.97. The molecule has 4 aromatic rings. The minimum Gasteiger partial charge on any atom is -0.481 e. The smallest absolute Gasteiger partial charge is 0.307 e. The molecule has 0 saturated carbocycles. The van der Waals surface area contributed by atoms with Crippen LogP contribution in [0.3, 0.4) is 0 Å². The summed E-state index contributed by atoms with van der Waals surface area (Å²) in [5.41, 5.74) is 3.56. The second-order valence-electron chi connectivity index (χ2n) is 7.06. The van der Waals surface area contributed by atoms with Crippen LogP contribution in [-0.4, -0.2) is 20.6 Å². The van der Waals surface area contributed by atoms with Crippen LogP contribution >= 0.6 is 0 Å². The molecule has 4 nitrogen and oxygen atoms in total.